The van der Waals surface area contributed by atoms with Crippen LogP contribution in [0.15, 0.2) is 36.4 Å². The summed E-state index contributed by atoms with van der Waals surface area (Å²) in [5.74, 6) is 0.689. The standard InChI is InChI=1S/C27H37ClO2/c1-6-19(5)27(16-18(4)26(17-29)30-27)24-13-14-25(28)23(22(24)8-3)15-21-11-9-20(7-2)10-12-21/h9-14,18-19,26,29H,6-8,15-17H2,1-5H3. The Bertz CT molecular complexity index is 845. The lowest BCUT2D eigenvalue weighted by Gasteiger charge is -2.38. The summed E-state index contributed by atoms with van der Waals surface area (Å²) in [6, 6.07) is 13.1. The van der Waals surface area contributed by atoms with E-state index in [0.29, 0.717) is 11.8 Å². The number of ether oxygens (including phenoxy) is 1. The van der Waals surface area contributed by atoms with Gasteiger partial charge in [0.05, 0.1) is 18.3 Å². The largest absolute Gasteiger partial charge is 0.394 e. The number of hydrogen-bond acceptors (Lipinski definition) is 2. The number of hydrogen-bond donors (Lipinski definition) is 1. The topological polar surface area (TPSA) is 29.5 Å². The van der Waals surface area contributed by atoms with Crippen molar-refractivity contribution < 1.29 is 9.84 Å². The Morgan fingerprint density at radius 1 is 1.03 bits per heavy atom. The van der Waals surface area contributed by atoms with E-state index in [4.69, 9.17) is 16.3 Å². The molecule has 4 atom stereocenters. The van der Waals surface area contributed by atoms with E-state index >= 15 is 0 Å². The first kappa shape index (κ1) is 23.3. The molecule has 1 heterocycles. The van der Waals surface area contributed by atoms with Crippen molar-refractivity contribution in [3.05, 3.63) is 69.2 Å². The maximum Gasteiger partial charge on any atom is 0.0967 e. The zero-order valence-corrected chi connectivity index (χ0v) is 19.9. The molecule has 1 saturated heterocycles. The van der Waals surface area contributed by atoms with E-state index in [2.05, 4.69) is 71.0 Å². The summed E-state index contributed by atoms with van der Waals surface area (Å²) in [4.78, 5) is 0. The van der Waals surface area contributed by atoms with Crippen LogP contribution in [0.25, 0.3) is 0 Å². The van der Waals surface area contributed by atoms with Crippen molar-refractivity contribution in [1.29, 1.82) is 0 Å². The number of benzene rings is 2. The predicted octanol–water partition coefficient (Wildman–Crippen LogP) is 6.71. The maximum atomic E-state index is 9.89. The molecule has 0 bridgehead atoms. The van der Waals surface area contributed by atoms with E-state index in [1.54, 1.807) is 0 Å². The Balaban J connectivity index is 2.09. The fourth-order valence-corrected chi connectivity index (χ4v) is 5.34. The quantitative estimate of drug-likeness (QED) is 0.506. The molecule has 0 radical (unpaired) electrons. The Hall–Kier alpha value is -1.35. The molecular weight excluding hydrogens is 392 g/mol. The lowest BCUT2D eigenvalue weighted by Crippen LogP contribution is -2.35. The van der Waals surface area contributed by atoms with Gasteiger partial charge in [0.1, 0.15) is 0 Å². The second-order valence-corrected chi connectivity index (χ2v) is 9.38. The minimum atomic E-state index is -0.363. The zero-order valence-electron chi connectivity index (χ0n) is 19.2. The molecule has 0 saturated carbocycles. The van der Waals surface area contributed by atoms with Crippen LogP contribution in [0.5, 0.6) is 0 Å². The highest BCUT2D eigenvalue weighted by molar-refractivity contribution is 6.31. The molecule has 1 fully saturated rings. The van der Waals surface area contributed by atoms with Crippen LogP contribution in [0, 0.1) is 11.8 Å². The summed E-state index contributed by atoms with van der Waals surface area (Å²) in [5.41, 5.74) is 6.08. The first-order chi connectivity index (χ1) is 14.4. The summed E-state index contributed by atoms with van der Waals surface area (Å²) < 4.78 is 6.67. The van der Waals surface area contributed by atoms with Gasteiger partial charge in [-0.1, -0.05) is 83.0 Å². The second-order valence-electron chi connectivity index (χ2n) is 8.97. The van der Waals surface area contributed by atoms with Gasteiger partial charge in [0.2, 0.25) is 0 Å². The molecular formula is C27H37ClO2. The first-order valence-electron chi connectivity index (χ1n) is 11.6. The third-order valence-corrected chi connectivity index (χ3v) is 7.56. The normalized spacial score (nSPS) is 24.9. The van der Waals surface area contributed by atoms with Gasteiger partial charge in [0.25, 0.3) is 0 Å². The molecule has 0 spiro atoms. The fraction of sp³-hybridized carbons (Fsp3) is 0.556. The highest BCUT2D eigenvalue weighted by Gasteiger charge is 2.49. The fourth-order valence-electron chi connectivity index (χ4n) is 5.10. The molecule has 3 heteroatoms. The zero-order chi connectivity index (χ0) is 21.9. The highest BCUT2D eigenvalue weighted by Crippen LogP contribution is 2.50. The molecule has 0 aromatic heterocycles. The van der Waals surface area contributed by atoms with Crippen LogP contribution < -0.4 is 0 Å². The van der Waals surface area contributed by atoms with Crippen LogP contribution in [-0.4, -0.2) is 17.8 Å². The van der Waals surface area contributed by atoms with Crippen LogP contribution in [0.4, 0.5) is 0 Å². The minimum Gasteiger partial charge on any atom is -0.394 e. The van der Waals surface area contributed by atoms with Crippen molar-refractivity contribution in [3.8, 4) is 0 Å². The van der Waals surface area contributed by atoms with Gasteiger partial charge in [-0.05, 0) is 71.4 Å². The van der Waals surface area contributed by atoms with Crippen LogP contribution in [-0.2, 0) is 29.6 Å². The van der Waals surface area contributed by atoms with E-state index in [9.17, 15) is 5.11 Å². The van der Waals surface area contributed by atoms with Crippen molar-refractivity contribution in [3.63, 3.8) is 0 Å². The van der Waals surface area contributed by atoms with Gasteiger partial charge in [-0.3, -0.25) is 0 Å². The van der Waals surface area contributed by atoms with Gasteiger partial charge >= 0.3 is 0 Å². The van der Waals surface area contributed by atoms with Crippen LogP contribution in [0.2, 0.25) is 5.02 Å². The van der Waals surface area contributed by atoms with Gasteiger partial charge in [-0.25, -0.2) is 0 Å². The Kier molecular flexibility index (Phi) is 7.66. The summed E-state index contributed by atoms with van der Waals surface area (Å²) in [7, 11) is 0. The van der Waals surface area contributed by atoms with Gasteiger partial charge in [-0.15, -0.1) is 0 Å². The Morgan fingerprint density at radius 2 is 1.70 bits per heavy atom. The van der Waals surface area contributed by atoms with Crippen LogP contribution >= 0.6 is 11.6 Å². The smallest absolute Gasteiger partial charge is 0.0967 e. The average Bonchev–Trinajstić information content (AvgIpc) is 3.12. The summed E-state index contributed by atoms with van der Waals surface area (Å²) in [6.07, 6.45) is 4.66. The molecule has 1 aliphatic heterocycles. The predicted molar refractivity (Wildman–Crippen MR) is 126 cm³/mol. The molecule has 3 rings (SSSR count). The van der Waals surface area contributed by atoms with Gasteiger partial charge in [-0.2, -0.15) is 0 Å². The number of aliphatic hydroxyl groups is 1. The highest BCUT2D eigenvalue weighted by atomic mass is 35.5. The van der Waals surface area contributed by atoms with Crippen LogP contribution in [0.1, 0.15) is 75.3 Å². The molecule has 164 valence electrons. The van der Waals surface area contributed by atoms with E-state index in [1.807, 2.05) is 0 Å². The average molecular weight is 429 g/mol. The van der Waals surface area contributed by atoms with Crippen molar-refractivity contribution in [2.24, 2.45) is 11.8 Å². The van der Waals surface area contributed by atoms with E-state index < -0.39 is 0 Å². The third-order valence-electron chi connectivity index (χ3n) is 7.21. The van der Waals surface area contributed by atoms with Crippen molar-refractivity contribution in [2.45, 2.75) is 78.4 Å². The molecule has 0 aliphatic carbocycles. The summed E-state index contributed by atoms with van der Waals surface area (Å²) >= 11 is 6.76. The maximum absolute atomic E-state index is 9.89. The SMILES string of the molecule is CCc1ccc(Cc2c(Cl)ccc(C3(C(C)CC)CC(C)C(CO)O3)c2CC)cc1. The Morgan fingerprint density at radius 3 is 2.23 bits per heavy atom. The van der Waals surface area contributed by atoms with Crippen molar-refractivity contribution in [2.75, 3.05) is 6.61 Å². The van der Waals surface area contributed by atoms with Gasteiger partial charge in [0, 0.05) is 5.02 Å². The molecule has 2 aromatic rings. The van der Waals surface area contributed by atoms with Crippen molar-refractivity contribution >= 4 is 11.6 Å². The molecule has 2 aromatic carbocycles. The number of aliphatic hydroxyl groups excluding tert-OH is 1. The number of halogens is 1. The van der Waals surface area contributed by atoms with Gasteiger partial charge in [0.15, 0.2) is 0 Å². The summed E-state index contributed by atoms with van der Waals surface area (Å²) in [6.45, 7) is 11.2. The molecule has 30 heavy (non-hydrogen) atoms. The summed E-state index contributed by atoms with van der Waals surface area (Å²) in [5, 5.41) is 10.7. The number of rotatable bonds is 8. The van der Waals surface area contributed by atoms with Crippen molar-refractivity contribution in [1.82, 2.24) is 0 Å². The molecule has 4 unspecified atom stereocenters. The first-order valence-corrected chi connectivity index (χ1v) is 11.9. The molecule has 1 aliphatic rings. The van der Waals surface area contributed by atoms with Crippen LogP contribution in [0.3, 0.4) is 0 Å². The van der Waals surface area contributed by atoms with E-state index in [0.717, 1.165) is 37.1 Å². The molecule has 2 nitrogen and oxygen atoms in total. The number of aryl methyl sites for hydroxylation is 1. The third kappa shape index (κ3) is 4.33. The lowest BCUT2D eigenvalue weighted by atomic mass is 9.73. The second kappa shape index (κ2) is 9.85. The minimum absolute atomic E-state index is 0.0744. The Labute approximate surface area is 187 Å². The molecule has 0 amide bonds. The van der Waals surface area contributed by atoms with E-state index in [1.165, 1.54) is 27.8 Å². The lowest BCUT2D eigenvalue weighted by molar-refractivity contribution is -0.0985. The van der Waals surface area contributed by atoms with E-state index in [-0.39, 0.29) is 18.3 Å². The monoisotopic (exact) mass is 428 g/mol. The molecule has 1 N–H and O–H groups in total. The van der Waals surface area contributed by atoms with Gasteiger partial charge < -0.3 is 9.84 Å².